The fraction of sp³-hybridized carbons (Fsp3) is 0.375. The molecule has 2 N–H and O–H groups in total. The normalized spacial score (nSPS) is 28.1. The number of esters is 1. The summed E-state index contributed by atoms with van der Waals surface area (Å²) in [6.45, 7) is 0. The van der Waals surface area contributed by atoms with E-state index >= 15 is 0 Å². The maximum atomic E-state index is 10.9. The zero-order valence-electron chi connectivity index (χ0n) is 6.60. The minimum absolute atomic E-state index is 0.0764. The van der Waals surface area contributed by atoms with Gasteiger partial charge in [-0.3, -0.25) is 0 Å². The molecule has 0 aromatic heterocycles. The molecule has 0 aliphatic heterocycles. The van der Waals surface area contributed by atoms with Crippen LogP contribution in [-0.2, 0) is 9.53 Å². The molecular formula is C8H10O4. The Kier molecular flexibility index (Phi) is 2.62. The van der Waals surface area contributed by atoms with Crippen molar-refractivity contribution in [3.05, 3.63) is 23.8 Å². The van der Waals surface area contributed by atoms with Crippen LogP contribution in [0.5, 0.6) is 0 Å². The lowest BCUT2D eigenvalue weighted by Crippen LogP contribution is -2.31. The largest absolute Gasteiger partial charge is 0.466 e. The average molecular weight is 170 g/mol. The molecule has 1 aliphatic carbocycles. The maximum Gasteiger partial charge on any atom is 0.336 e. The van der Waals surface area contributed by atoms with Crippen LogP contribution in [0.4, 0.5) is 0 Å². The fourth-order valence-corrected chi connectivity index (χ4v) is 0.968. The van der Waals surface area contributed by atoms with E-state index in [2.05, 4.69) is 4.74 Å². The first-order valence-corrected chi connectivity index (χ1v) is 3.49. The van der Waals surface area contributed by atoms with E-state index in [1.54, 1.807) is 0 Å². The summed E-state index contributed by atoms with van der Waals surface area (Å²) < 4.78 is 4.40. The van der Waals surface area contributed by atoms with Crippen molar-refractivity contribution < 1.29 is 19.7 Å². The first kappa shape index (κ1) is 8.96. The zero-order valence-corrected chi connectivity index (χ0v) is 6.60. The molecule has 66 valence electrons. The molecule has 2 atom stereocenters. The van der Waals surface area contributed by atoms with Gasteiger partial charge >= 0.3 is 5.97 Å². The molecule has 1 rings (SSSR count). The number of allylic oxidation sites excluding steroid dienone is 2. The number of aliphatic hydroxyl groups is 2. The molecule has 0 amide bonds. The lowest BCUT2D eigenvalue weighted by molar-refractivity contribution is -0.137. The zero-order chi connectivity index (χ0) is 9.14. The molecule has 1 aliphatic rings. The Bertz CT molecular complexity index is 241. The van der Waals surface area contributed by atoms with E-state index in [-0.39, 0.29) is 5.57 Å². The highest BCUT2D eigenvalue weighted by atomic mass is 16.5. The topological polar surface area (TPSA) is 66.8 Å². The van der Waals surface area contributed by atoms with Gasteiger partial charge in [0, 0.05) is 0 Å². The van der Waals surface area contributed by atoms with E-state index in [0.29, 0.717) is 0 Å². The van der Waals surface area contributed by atoms with Crippen LogP contribution >= 0.6 is 0 Å². The molecule has 0 bridgehead atoms. The van der Waals surface area contributed by atoms with Crippen molar-refractivity contribution in [2.75, 3.05) is 7.11 Å². The Hall–Kier alpha value is -1.13. The van der Waals surface area contributed by atoms with E-state index in [0.717, 1.165) is 0 Å². The molecule has 4 heteroatoms. The van der Waals surface area contributed by atoms with Crippen molar-refractivity contribution in [3.63, 3.8) is 0 Å². The summed E-state index contributed by atoms with van der Waals surface area (Å²) in [5.41, 5.74) is 0.0764. The van der Waals surface area contributed by atoms with E-state index in [1.807, 2.05) is 0 Å². The summed E-state index contributed by atoms with van der Waals surface area (Å²) in [6, 6.07) is 0. The second-order valence-electron chi connectivity index (χ2n) is 2.43. The van der Waals surface area contributed by atoms with Crippen molar-refractivity contribution in [1.82, 2.24) is 0 Å². The van der Waals surface area contributed by atoms with Crippen LogP contribution < -0.4 is 0 Å². The van der Waals surface area contributed by atoms with Crippen molar-refractivity contribution in [3.8, 4) is 0 Å². The van der Waals surface area contributed by atoms with Gasteiger partial charge in [0.15, 0.2) is 0 Å². The maximum absolute atomic E-state index is 10.9. The number of hydrogen-bond donors (Lipinski definition) is 2. The number of ether oxygens (including phenoxy) is 1. The molecule has 0 radical (unpaired) electrons. The van der Waals surface area contributed by atoms with Gasteiger partial charge in [0.25, 0.3) is 0 Å². The summed E-state index contributed by atoms with van der Waals surface area (Å²) in [7, 11) is 1.22. The van der Waals surface area contributed by atoms with Gasteiger partial charge in [0.2, 0.25) is 0 Å². The molecule has 0 aromatic rings. The van der Waals surface area contributed by atoms with E-state index in [9.17, 15) is 9.90 Å². The standard InChI is InChI=1S/C8H10O4/c1-12-8(11)5-3-2-4-6(9)7(5)10/h2-4,6-7,9-10H,1H3/t6-,7-/m1/s1. The highest BCUT2D eigenvalue weighted by Gasteiger charge is 2.26. The van der Waals surface area contributed by atoms with Gasteiger partial charge in [-0.2, -0.15) is 0 Å². The Morgan fingerprint density at radius 1 is 1.58 bits per heavy atom. The highest BCUT2D eigenvalue weighted by Crippen LogP contribution is 2.14. The molecule has 0 saturated carbocycles. The molecule has 0 fully saturated rings. The van der Waals surface area contributed by atoms with Crippen molar-refractivity contribution >= 4 is 5.97 Å². The minimum atomic E-state index is -1.18. The lowest BCUT2D eigenvalue weighted by Gasteiger charge is -2.18. The second kappa shape index (κ2) is 3.51. The molecule has 12 heavy (non-hydrogen) atoms. The van der Waals surface area contributed by atoms with Crippen molar-refractivity contribution in [2.24, 2.45) is 0 Å². The van der Waals surface area contributed by atoms with Crippen LogP contribution in [0.15, 0.2) is 23.8 Å². The molecule has 0 unspecified atom stereocenters. The number of methoxy groups -OCH3 is 1. The SMILES string of the molecule is COC(=O)C1=CC=C[C@@H](O)[C@@H]1O. The molecule has 4 nitrogen and oxygen atoms in total. The smallest absolute Gasteiger partial charge is 0.336 e. The Labute approximate surface area is 69.8 Å². The van der Waals surface area contributed by atoms with Gasteiger partial charge in [0.1, 0.15) is 12.2 Å². The first-order valence-electron chi connectivity index (χ1n) is 3.49. The number of aliphatic hydroxyl groups excluding tert-OH is 2. The molecule has 0 saturated heterocycles. The number of hydrogen-bond acceptors (Lipinski definition) is 4. The predicted octanol–water partition coefficient (Wildman–Crippen LogP) is -0.623. The Morgan fingerprint density at radius 2 is 2.25 bits per heavy atom. The van der Waals surface area contributed by atoms with Crippen molar-refractivity contribution in [2.45, 2.75) is 12.2 Å². The average Bonchev–Trinajstić information content (AvgIpc) is 2.08. The molecular weight excluding hydrogens is 160 g/mol. The molecule has 0 aromatic carbocycles. The third-order valence-corrected chi connectivity index (χ3v) is 1.65. The second-order valence-corrected chi connectivity index (χ2v) is 2.43. The van der Waals surface area contributed by atoms with E-state index in [4.69, 9.17) is 5.11 Å². The van der Waals surface area contributed by atoms with Gasteiger partial charge in [0.05, 0.1) is 12.7 Å². The Morgan fingerprint density at radius 3 is 2.83 bits per heavy atom. The lowest BCUT2D eigenvalue weighted by atomic mass is 9.99. The number of carbonyl (C=O) groups is 1. The summed E-state index contributed by atoms with van der Waals surface area (Å²) in [5.74, 6) is -0.620. The van der Waals surface area contributed by atoms with Crippen LogP contribution in [0.25, 0.3) is 0 Å². The van der Waals surface area contributed by atoms with E-state index in [1.165, 1.54) is 25.3 Å². The quantitative estimate of drug-likeness (QED) is 0.514. The fourth-order valence-electron chi connectivity index (χ4n) is 0.968. The van der Waals surface area contributed by atoms with Crippen LogP contribution in [-0.4, -0.2) is 35.5 Å². The van der Waals surface area contributed by atoms with Crippen LogP contribution in [0.3, 0.4) is 0 Å². The third-order valence-electron chi connectivity index (χ3n) is 1.65. The first-order chi connectivity index (χ1) is 5.66. The van der Waals surface area contributed by atoms with Crippen molar-refractivity contribution in [1.29, 1.82) is 0 Å². The number of rotatable bonds is 1. The summed E-state index contributed by atoms with van der Waals surface area (Å²) in [6.07, 6.45) is 2.12. The minimum Gasteiger partial charge on any atom is -0.466 e. The van der Waals surface area contributed by atoms with Gasteiger partial charge in [-0.1, -0.05) is 12.2 Å². The van der Waals surface area contributed by atoms with E-state index < -0.39 is 18.2 Å². The van der Waals surface area contributed by atoms with Gasteiger partial charge in [-0.15, -0.1) is 0 Å². The molecule has 0 spiro atoms. The molecule has 0 heterocycles. The highest BCUT2D eigenvalue weighted by molar-refractivity contribution is 5.90. The van der Waals surface area contributed by atoms with Crippen LogP contribution in [0, 0.1) is 0 Å². The van der Waals surface area contributed by atoms with Gasteiger partial charge in [-0.25, -0.2) is 4.79 Å². The summed E-state index contributed by atoms with van der Waals surface area (Å²) >= 11 is 0. The summed E-state index contributed by atoms with van der Waals surface area (Å²) in [5, 5.41) is 18.4. The summed E-state index contributed by atoms with van der Waals surface area (Å²) in [4.78, 5) is 10.9. The van der Waals surface area contributed by atoms with Gasteiger partial charge < -0.3 is 14.9 Å². The van der Waals surface area contributed by atoms with Gasteiger partial charge in [-0.05, 0) is 6.08 Å². The monoisotopic (exact) mass is 170 g/mol. The third kappa shape index (κ3) is 1.54. The Balaban J connectivity index is 2.82. The predicted molar refractivity (Wildman–Crippen MR) is 41.3 cm³/mol. The number of carbonyl (C=O) groups excluding carboxylic acids is 1. The van der Waals surface area contributed by atoms with Crippen LogP contribution in [0.1, 0.15) is 0 Å². The van der Waals surface area contributed by atoms with Crippen LogP contribution in [0.2, 0.25) is 0 Å².